The zero-order chi connectivity index (χ0) is 14.7. The highest BCUT2D eigenvalue weighted by Gasteiger charge is 2.13. The second-order valence-electron chi connectivity index (χ2n) is 5.02. The van der Waals surface area contributed by atoms with E-state index in [2.05, 4.69) is 13.8 Å². The highest BCUT2D eigenvalue weighted by Crippen LogP contribution is 2.33. The molecule has 0 bridgehead atoms. The number of halogens is 1. The fourth-order valence-corrected chi connectivity index (χ4v) is 2.02. The van der Waals surface area contributed by atoms with Crippen LogP contribution in [0.4, 0.5) is 4.39 Å². The average Bonchev–Trinajstić information content (AvgIpc) is 2.38. The van der Waals surface area contributed by atoms with Crippen LogP contribution in [0, 0.1) is 24.1 Å². The van der Waals surface area contributed by atoms with Crippen LogP contribution >= 0.6 is 0 Å². The zero-order valence-corrected chi connectivity index (χ0v) is 11.8. The quantitative estimate of drug-likeness (QED) is 0.792. The molecule has 0 saturated carbocycles. The normalized spacial score (nSPS) is 10.4. The molecule has 2 nitrogen and oxygen atoms in total. The number of rotatable bonds is 3. The molecule has 0 spiro atoms. The standard InChI is InChI=1S/C17H16FNO/c1-11(2)13-8-7-12(3)9-17(13)20-16-6-4-5-15(18)14(16)10-19/h4-9,11H,1-3H3. The molecule has 0 unspecified atom stereocenters. The number of hydrogen-bond donors (Lipinski definition) is 0. The molecule has 0 heterocycles. The summed E-state index contributed by atoms with van der Waals surface area (Å²) in [7, 11) is 0. The molecule has 0 aromatic heterocycles. The minimum absolute atomic E-state index is 0.0660. The molecular weight excluding hydrogens is 253 g/mol. The third kappa shape index (κ3) is 2.80. The molecule has 0 N–H and O–H groups in total. The molecule has 0 aliphatic heterocycles. The molecule has 0 atom stereocenters. The summed E-state index contributed by atoms with van der Waals surface area (Å²) < 4.78 is 19.4. The molecule has 0 saturated heterocycles. The monoisotopic (exact) mass is 269 g/mol. The lowest BCUT2D eigenvalue weighted by atomic mass is 10.0. The van der Waals surface area contributed by atoms with E-state index < -0.39 is 5.82 Å². The van der Waals surface area contributed by atoms with Crippen LogP contribution in [0.1, 0.15) is 36.5 Å². The summed E-state index contributed by atoms with van der Waals surface area (Å²) in [6, 6.07) is 12.2. The second kappa shape index (κ2) is 5.75. The van der Waals surface area contributed by atoms with Gasteiger partial charge in [0.05, 0.1) is 0 Å². The maximum atomic E-state index is 13.6. The lowest BCUT2D eigenvalue weighted by Gasteiger charge is -2.15. The first kappa shape index (κ1) is 14.1. The minimum atomic E-state index is -0.566. The Morgan fingerprint density at radius 1 is 1.15 bits per heavy atom. The van der Waals surface area contributed by atoms with E-state index in [1.807, 2.05) is 31.2 Å². The Kier molecular flexibility index (Phi) is 4.05. The van der Waals surface area contributed by atoms with E-state index in [4.69, 9.17) is 10.00 Å². The van der Waals surface area contributed by atoms with Gasteiger partial charge in [-0.15, -0.1) is 0 Å². The second-order valence-corrected chi connectivity index (χ2v) is 5.02. The Morgan fingerprint density at radius 2 is 1.90 bits per heavy atom. The van der Waals surface area contributed by atoms with Crippen molar-refractivity contribution in [2.75, 3.05) is 0 Å². The van der Waals surface area contributed by atoms with Gasteiger partial charge in [-0.3, -0.25) is 0 Å². The van der Waals surface area contributed by atoms with E-state index in [0.29, 0.717) is 5.75 Å². The maximum absolute atomic E-state index is 13.6. The summed E-state index contributed by atoms with van der Waals surface area (Å²) in [4.78, 5) is 0. The van der Waals surface area contributed by atoms with E-state index in [-0.39, 0.29) is 17.2 Å². The Hall–Kier alpha value is -2.34. The van der Waals surface area contributed by atoms with Crippen LogP contribution in [0.5, 0.6) is 11.5 Å². The van der Waals surface area contributed by atoms with Gasteiger partial charge < -0.3 is 4.74 Å². The summed E-state index contributed by atoms with van der Waals surface area (Å²) in [5.74, 6) is 0.635. The third-order valence-electron chi connectivity index (χ3n) is 3.10. The molecule has 2 aromatic rings. The van der Waals surface area contributed by atoms with E-state index in [1.54, 1.807) is 6.07 Å². The van der Waals surface area contributed by atoms with Gasteiger partial charge in [-0.05, 0) is 42.2 Å². The van der Waals surface area contributed by atoms with Crippen molar-refractivity contribution in [3.8, 4) is 17.6 Å². The van der Waals surface area contributed by atoms with Gasteiger partial charge in [-0.1, -0.05) is 32.0 Å². The van der Waals surface area contributed by atoms with Crippen molar-refractivity contribution in [3.63, 3.8) is 0 Å². The summed E-state index contributed by atoms with van der Waals surface area (Å²) in [5.41, 5.74) is 2.02. The van der Waals surface area contributed by atoms with Crippen molar-refractivity contribution >= 4 is 0 Å². The third-order valence-corrected chi connectivity index (χ3v) is 3.10. The molecule has 0 fully saturated rings. The lowest BCUT2D eigenvalue weighted by molar-refractivity contribution is 0.465. The smallest absolute Gasteiger partial charge is 0.148 e. The number of nitrogens with zero attached hydrogens (tertiary/aromatic N) is 1. The largest absolute Gasteiger partial charge is 0.456 e. The van der Waals surface area contributed by atoms with Crippen molar-refractivity contribution in [3.05, 3.63) is 58.9 Å². The summed E-state index contributed by atoms with van der Waals surface area (Å²) in [6.45, 7) is 6.09. The average molecular weight is 269 g/mol. The molecule has 0 aliphatic rings. The van der Waals surface area contributed by atoms with Gasteiger partial charge in [0, 0.05) is 0 Å². The van der Waals surface area contributed by atoms with E-state index in [9.17, 15) is 4.39 Å². The first-order valence-corrected chi connectivity index (χ1v) is 6.50. The van der Waals surface area contributed by atoms with Crippen molar-refractivity contribution in [2.24, 2.45) is 0 Å². The topological polar surface area (TPSA) is 33.0 Å². The molecule has 0 amide bonds. The SMILES string of the molecule is Cc1ccc(C(C)C)c(Oc2cccc(F)c2C#N)c1. The van der Waals surface area contributed by atoms with Crippen molar-refractivity contribution < 1.29 is 9.13 Å². The van der Waals surface area contributed by atoms with Crippen molar-refractivity contribution in [1.29, 1.82) is 5.26 Å². The van der Waals surface area contributed by atoms with Crippen LogP contribution in [-0.4, -0.2) is 0 Å². The van der Waals surface area contributed by atoms with Gasteiger partial charge in [0.15, 0.2) is 0 Å². The molecular formula is C17H16FNO. The van der Waals surface area contributed by atoms with Crippen LogP contribution in [0.15, 0.2) is 36.4 Å². The molecule has 2 aromatic carbocycles. The van der Waals surface area contributed by atoms with Gasteiger partial charge >= 0.3 is 0 Å². The maximum Gasteiger partial charge on any atom is 0.148 e. The van der Waals surface area contributed by atoms with Crippen molar-refractivity contribution in [2.45, 2.75) is 26.7 Å². The Bertz CT molecular complexity index is 671. The molecule has 102 valence electrons. The fraction of sp³-hybridized carbons (Fsp3) is 0.235. The van der Waals surface area contributed by atoms with Crippen LogP contribution in [0.2, 0.25) is 0 Å². The van der Waals surface area contributed by atoms with E-state index in [1.165, 1.54) is 12.1 Å². The lowest BCUT2D eigenvalue weighted by Crippen LogP contribution is -1.97. The van der Waals surface area contributed by atoms with E-state index >= 15 is 0 Å². The van der Waals surface area contributed by atoms with Crippen LogP contribution < -0.4 is 4.74 Å². The number of ether oxygens (including phenoxy) is 1. The van der Waals surface area contributed by atoms with Crippen LogP contribution in [0.25, 0.3) is 0 Å². The zero-order valence-electron chi connectivity index (χ0n) is 11.8. The number of hydrogen-bond acceptors (Lipinski definition) is 2. The fourth-order valence-electron chi connectivity index (χ4n) is 2.02. The van der Waals surface area contributed by atoms with Gasteiger partial charge in [0.1, 0.15) is 28.9 Å². The Labute approximate surface area is 118 Å². The predicted molar refractivity (Wildman–Crippen MR) is 76.5 cm³/mol. The van der Waals surface area contributed by atoms with Gasteiger partial charge in [0.2, 0.25) is 0 Å². The van der Waals surface area contributed by atoms with E-state index in [0.717, 1.165) is 11.1 Å². The first-order chi connectivity index (χ1) is 9.52. The van der Waals surface area contributed by atoms with Crippen LogP contribution in [-0.2, 0) is 0 Å². The van der Waals surface area contributed by atoms with Gasteiger partial charge in [0.25, 0.3) is 0 Å². The molecule has 3 heteroatoms. The summed E-state index contributed by atoms with van der Waals surface area (Å²) in [6.07, 6.45) is 0. The first-order valence-electron chi connectivity index (χ1n) is 6.50. The molecule has 2 rings (SSSR count). The van der Waals surface area contributed by atoms with Gasteiger partial charge in [-0.2, -0.15) is 5.26 Å². The van der Waals surface area contributed by atoms with Gasteiger partial charge in [-0.25, -0.2) is 4.39 Å². The van der Waals surface area contributed by atoms with Crippen LogP contribution in [0.3, 0.4) is 0 Å². The summed E-state index contributed by atoms with van der Waals surface area (Å²) in [5, 5.41) is 9.04. The summed E-state index contributed by atoms with van der Waals surface area (Å²) >= 11 is 0. The Balaban J connectivity index is 2.48. The predicted octanol–water partition coefficient (Wildman–Crippen LogP) is 4.92. The number of aryl methyl sites for hydroxylation is 1. The minimum Gasteiger partial charge on any atom is -0.456 e. The molecule has 0 aliphatic carbocycles. The Morgan fingerprint density at radius 3 is 2.55 bits per heavy atom. The highest BCUT2D eigenvalue weighted by atomic mass is 19.1. The number of benzene rings is 2. The van der Waals surface area contributed by atoms with Crippen molar-refractivity contribution in [1.82, 2.24) is 0 Å². The molecule has 20 heavy (non-hydrogen) atoms. The molecule has 0 radical (unpaired) electrons. The number of nitriles is 1. The highest BCUT2D eigenvalue weighted by molar-refractivity contribution is 5.48.